The Morgan fingerprint density at radius 2 is 2.29 bits per heavy atom. The second-order valence-electron chi connectivity index (χ2n) is 3.11. The third-order valence-electron chi connectivity index (χ3n) is 2.04. The Morgan fingerprint density at radius 3 is 2.93 bits per heavy atom. The van der Waals surface area contributed by atoms with Gasteiger partial charge in [0.25, 0.3) is 5.56 Å². The van der Waals surface area contributed by atoms with Gasteiger partial charge in [0.15, 0.2) is 0 Å². The maximum Gasteiger partial charge on any atom is 0.266 e. The predicted molar refractivity (Wildman–Crippen MR) is 64.2 cm³/mol. The van der Waals surface area contributed by atoms with Gasteiger partial charge in [-0.2, -0.15) is 0 Å². The van der Waals surface area contributed by atoms with Gasteiger partial charge in [0.2, 0.25) is 0 Å². The molecule has 0 saturated carbocycles. The van der Waals surface area contributed by atoms with Gasteiger partial charge in [-0.05, 0) is 48.9 Å². The maximum atomic E-state index is 11.7. The average molecular weight is 307 g/mol. The van der Waals surface area contributed by atoms with E-state index in [1.54, 1.807) is 10.8 Å². The van der Waals surface area contributed by atoms with E-state index in [0.717, 1.165) is 18.7 Å². The Labute approximate surface area is 96.7 Å². The first-order valence-corrected chi connectivity index (χ1v) is 5.66. The van der Waals surface area contributed by atoms with Crippen LogP contribution in [-0.4, -0.2) is 16.1 Å². The number of halogens is 1. The van der Waals surface area contributed by atoms with Crippen molar-refractivity contribution < 1.29 is 0 Å². The third kappa shape index (κ3) is 2.78. The zero-order valence-electron chi connectivity index (χ0n) is 8.16. The Hall–Kier alpha value is -0.430. The standard InChI is InChI=1S/C9H14IN3O/c1-7-12-6-8(10)9(14)13(7)5-3-2-4-11/h6H,2-5,11H2,1H3. The number of hydrogen-bond donors (Lipinski definition) is 1. The minimum absolute atomic E-state index is 0.0510. The number of nitrogens with zero attached hydrogens (tertiary/aromatic N) is 2. The van der Waals surface area contributed by atoms with Crippen molar-refractivity contribution in [2.24, 2.45) is 5.73 Å². The summed E-state index contributed by atoms with van der Waals surface area (Å²) in [5, 5.41) is 0. The molecular formula is C9H14IN3O. The summed E-state index contributed by atoms with van der Waals surface area (Å²) in [6.07, 6.45) is 3.48. The van der Waals surface area contributed by atoms with Gasteiger partial charge >= 0.3 is 0 Å². The maximum absolute atomic E-state index is 11.7. The summed E-state index contributed by atoms with van der Waals surface area (Å²) in [6, 6.07) is 0. The smallest absolute Gasteiger partial charge is 0.266 e. The molecule has 1 heterocycles. The predicted octanol–water partition coefficient (Wildman–Crippen LogP) is 0.895. The van der Waals surface area contributed by atoms with Crippen molar-refractivity contribution >= 4 is 22.6 Å². The van der Waals surface area contributed by atoms with Gasteiger partial charge in [0, 0.05) is 12.7 Å². The highest BCUT2D eigenvalue weighted by molar-refractivity contribution is 14.1. The Kier molecular flexibility index (Phi) is 4.53. The number of rotatable bonds is 4. The molecule has 0 atom stereocenters. The van der Waals surface area contributed by atoms with Crippen molar-refractivity contribution in [2.75, 3.05) is 6.54 Å². The number of nitrogens with two attached hydrogens (primary N) is 1. The Bertz CT molecular complexity index is 362. The van der Waals surface area contributed by atoms with Crippen LogP contribution in [0.25, 0.3) is 0 Å². The van der Waals surface area contributed by atoms with Crippen LogP contribution in [0.4, 0.5) is 0 Å². The summed E-state index contributed by atoms with van der Waals surface area (Å²) < 4.78 is 2.37. The lowest BCUT2D eigenvalue weighted by atomic mass is 10.3. The first-order valence-electron chi connectivity index (χ1n) is 4.59. The molecule has 0 amide bonds. The van der Waals surface area contributed by atoms with Gasteiger partial charge in [-0.1, -0.05) is 0 Å². The molecule has 1 aromatic rings. The molecule has 0 saturated heterocycles. The minimum atomic E-state index is 0.0510. The molecule has 0 aliphatic carbocycles. The van der Waals surface area contributed by atoms with E-state index in [4.69, 9.17) is 5.73 Å². The molecule has 78 valence electrons. The van der Waals surface area contributed by atoms with Crippen LogP contribution in [0, 0.1) is 10.5 Å². The van der Waals surface area contributed by atoms with Crippen molar-refractivity contribution in [1.82, 2.24) is 9.55 Å². The van der Waals surface area contributed by atoms with E-state index in [1.807, 2.05) is 29.5 Å². The van der Waals surface area contributed by atoms with Crippen LogP contribution in [0.2, 0.25) is 0 Å². The van der Waals surface area contributed by atoms with Gasteiger partial charge in [0.05, 0.1) is 3.57 Å². The molecule has 0 aliphatic rings. The lowest BCUT2D eigenvalue weighted by Gasteiger charge is -2.08. The van der Waals surface area contributed by atoms with Crippen LogP contribution in [0.15, 0.2) is 11.0 Å². The Balaban J connectivity index is 2.84. The Morgan fingerprint density at radius 1 is 1.57 bits per heavy atom. The lowest BCUT2D eigenvalue weighted by molar-refractivity contribution is 0.571. The van der Waals surface area contributed by atoms with E-state index in [-0.39, 0.29) is 5.56 Å². The van der Waals surface area contributed by atoms with Crippen molar-refractivity contribution in [3.05, 3.63) is 25.9 Å². The number of aryl methyl sites for hydroxylation is 1. The topological polar surface area (TPSA) is 60.9 Å². The summed E-state index contributed by atoms with van der Waals surface area (Å²) in [5.41, 5.74) is 5.45. The molecule has 0 unspecified atom stereocenters. The molecule has 1 rings (SSSR count). The zero-order chi connectivity index (χ0) is 10.6. The SMILES string of the molecule is Cc1ncc(I)c(=O)n1CCCCN. The second kappa shape index (κ2) is 5.45. The van der Waals surface area contributed by atoms with Gasteiger partial charge in [-0.15, -0.1) is 0 Å². The van der Waals surface area contributed by atoms with E-state index in [2.05, 4.69) is 4.98 Å². The quantitative estimate of drug-likeness (QED) is 0.664. The van der Waals surface area contributed by atoms with Gasteiger partial charge < -0.3 is 5.73 Å². The van der Waals surface area contributed by atoms with E-state index >= 15 is 0 Å². The molecule has 0 aromatic carbocycles. The number of aromatic nitrogens is 2. The fourth-order valence-corrected chi connectivity index (χ4v) is 1.66. The fraction of sp³-hybridized carbons (Fsp3) is 0.556. The number of unbranched alkanes of at least 4 members (excludes halogenated alkanes) is 1. The molecule has 5 heteroatoms. The average Bonchev–Trinajstić information content (AvgIpc) is 2.18. The van der Waals surface area contributed by atoms with Crippen LogP contribution in [0.3, 0.4) is 0 Å². The highest BCUT2D eigenvalue weighted by atomic mass is 127. The van der Waals surface area contributed by atoms with E-state index in [0.29, 0.717) is 16.7 Å². The fourth-order valence-electron chi connectivity index (χ4n) is 1.23. The van der Waals surface area contributed by atoms with Crippen LogP contribution < -0.4 is 11.3 Å². The normalized spacial score (nSPS) is 10.5. The molecule has 1 aromatic heterocycles. The molecule has 0 bridgehead atoms. The highest BCUT2D eigenvalue weighted by Gasteiger charge is 2.03. The van der Waals surface area contributed by atoms with Gasteiger partial charge in [-0.3, -0.25) is 9.36 Å². The van der Waals surface area contributed by atoms with Gasteiger partial charge in [0.1, 0.15) is 5.82 Å². The molecule has 0 radical (unpaired) electrons. The second-order valence-corrected chi connectivity index (χ2v) is 4.27. The largest absolute Gasteiger partial charge is 0.330 e. The van der Waals surface area contributed by atoms with E-state index in [1.165, 1.54) is 0 Å². The first kappa shape index (κ1) is 11.6. The van der Waals surface area contributed by atoms with E-state index < -0.39 is 0 Å². The third-order valence-corrected chi connectivity index (χ3v) is 2.78. The van der Waals surface area contributed by atoms with Crippen molar-refractivity contribution in [1.29, 1.82) is 0 Å². The van der Waals surface area contributed by atoms with Crippen molar-refractivity contribution in [3.8, 4) is 0 Å². The highest BCUT2D eigenvalue weighted by Crippen LogP contribution is 1.99. The van der Waals surface area contributed by atoms with Crippen molar-refractivity contribution in [2.45, 2.75) is 26.3 Å². The van der Waals surface area contributed by atoms with Crippen LogP contribution in [-0.2, 0) is 6.54 Å². The molecular weight excluding hydrogens is 293 g/mol. The first-order chi connectivity index (χ1) is 6.66. The van der Waals surface area contributed by atoms with Crippen LogP contribution in [0.1, 0.15) is 18.7 Å². The zero-order valence-corrected chi connectivity index (χ0v) is 10.3. The monoisotopic (exact) mass is 307 g/mol. The summed E-state index contributed by atoms with van der Waals surface area (Å²) >= 11 is 2.01. The lowest BCUT2D eigenvalue weighted by Crippen LogP contribution is -2.25. The molecule has 2 N–H and O–H groups in total. The van der Waals surface area contributed by atoms with Crippen LogP contribution in [0.5, 0.6) is 0 Å². The van der Waals surface area contributed by atoms with Crippen molar-refractivity contribution in [3.63, 3.8) is 0 Å². The summed E-state index contributed by atoms with van der Waals surface area (Å²) in [4.78, 5) is 15.8. The minimum Gasteiger partial charge on any atom is -0.330 e. The molecule has 0 spiro atoms. The molecule has 4 nitrogen and oxygen atoms in total. The molecule has 0 aliphatic heterocycles. The van der Waals surface area contributed by atoms with Gasteiger partial charge in [-0.25, -0.2) is 4.98 Å². The number of hydrogen-bond acceptors (Lipinski definition) is 3. The van der Waals surface area contributed by atoms with E-state index in [9.17, 15) is 4.79 Å². The summed E-state index contributed by atoms with van der Waals surface area (Å²) in [6.45, 7) is 3.23. The summed E-state index contributed by atoms with van der Waals surface area (Å²) in [7, 11) is 0. The van der Waals surface area contributed by atoms with Crippen LogP contribution >= 0.6 is 22.6 Å². The summed E-state index contributed by atoms with van der Waals surface area (Å²) in [5.74, 6) is 0.771. The molecule has 0 fully saturated rings. The molecule has 14 heavy (non-hydrogen) atoms.